The summed E-state index contributed by atoms with van der Waals surface area (Å²) in [5, 5.41) is 12.0. The van der Waals surface area contributed by atoms with E-state index < -0.39 is 24.1 Å². The van der Waals surface area contributed by atoms with E-state index in [4.69, 9.17) is 14.7 Å². The van der Waals surface area contributed by atoms with Gasteiger partial charge in [-0.1, -0.05) is 48.5 Å². The molecular weight excluding hydrogens is 458 g/mol. The van der Waals surface area contributed by atoms with Gasteiger partial charge in [-0.3, -0.25) is 9.63 Å². The molecule has 9 nitrogen and oxygen atoms in total. The number of hydroxylamine groups is 1. The van der Waals surface area contributed by atoms with E-state index in [9.17, 15) is 14.4 Å². The molecule has 34 heavy (non-hydrogen) atoms. The topological polar surface area (TPSA) is 127 Å². The number of nitrogens with zero attached hydrogens (tertiary/aromatic N) is 1. The molecule has 2 amide bonds. The van der Waals surface area contributed by atoms with Gasteiger partial charge in [0.1, 0.15) is 17.3 Å². The highest BCUT2D eigenvalue weighted by Crippen LogP contribution is 2.44. The van der Waals surface area contributed by atoms with E-state index in [-0.39, 0.29) is 24.8 Å². The number of carboxylic acid groups (broad SMARTS) is 1. The van der Waals surface area contributed by atoms with Crippen molar-refractivity contribution < 1.29 is 29.1 Å². The maximum atomic E-state index is 12.4. The third-order valence-electron chi connectivity index (χ3n) is 5.46. The molecule has 1 atom stereocenters. The van der Waals surface area contributed by atoms with Crippen LogP contribution in [0.4, 0.5) is 4.79 Å². The van der Waals surface area contributed by atoms with E-state index in [2.05, 4.69) is 27.9 Å². The Morgan fingerprint density at radius 2 is 1.71 bits per heavy atom. The minimum absolute atomic E-state index is 0.0382. The molecular formula is C24H23N3O6S. The maximum absolute atomic E-state index is 12.4. The Morgan fingerprint density at radius 1 is 1.09 bits per heavy atom. The van der Waals surface area contributed by atoms with Crippen LogP contribution in [-0.4, -0.2) is 40.8 Å². The predicted octanol–water partition coefficient (Wildman–Crippen LogP) is 3.62. The molecule has 4 rings (SSSR count). The molecule has 2 aromatic carbocycles. The first-order valence-electron chi connectivity index (χ1n) is 10.6. The summed E-state index contributed by atoms with van der Waals surface area (Å²) >= 11 is 1.24. The fourth-order valence-corrected chi connectivity index (χ4v) is 4.65. The number of thiazole rings is 1. The Labute approximate surface area is 199 Å². The number of hydrogen-bond acceptors (Lipinski definition) is 7. The van der Waals surface area contributed by atoms with Gasteiger partial charge in [0.2, 0.25) is 0 Å². The molecule has 1 aliphatic rings. The van der Waals surface area contributed by atoms with Crippen molar-refractivity contribution in [3.8, 4) is 11.1 Å². The summed E-state index contributed by atoms with van der Waals surface area (Å²) in [4.78, 5) is 44.9. The fourth-order valence-electron chi connectivity index (χ4n) is 3.78. The summed E-state index contributed by atoms with van der Waals surface area (Å²) in [6, 6.07) is 16.2. The Balaban J connectivity index is 1.32. The van der Waals surface area contributed by atoms with Crippen molar-refractivity contribution in [1.29, 1.82) is 0 Å². The van der Waals surface area contributed by atoms with Crippen LogP contribution in [0.1, 0.15) is 44.3 Å². The highest BCUT2D eigenvalue weighted by molar-refractivity contribution is 7.11. The number of carbonyl (C=O) groups is 3. The monoisotopic (exact) mass is 481 g/mol. The van der Waals surface area contributed by atoms with Crippen molar-refractivity contribution in [3.63, 3.8) is 0 Å². The van der Waals surface area contributed by atoms with Gasteiger partial charge in [-0.25, -0.2) is 20.1 Å². The lowest BCUT2D eigenvalue weighted by molar-refractivity contribution is -0.152. The van der Waals surface area contributed by atoms with Crippen LogP contribution in [0.2, 0.25) is 0 Å². The summed E-state index contributed by atoms with van der Waals surface area (Å²) in [5.74, 6) is -1.90. The van der Waals surface area contributed by atoms with Crippen molar-refractivity contribution in [2.75, 3.05) is 6.61 Å². The van der Waals surface area contributed by atoms with Crippen molar-refractivity contribution in [3.05, 3.63) is 75.2 Å². The van der Waals surface area contributed by atoms with Gasteiger partial charge in [-0.05, 0) is 36.1 Å². The first-order chi connectivity index (χ1) is 16.3. The highest BCUT2D eigenvalue weighted by Gasteiger charge is 2.29. The number of rotatable bonds is 8. The molecule has 0 aliphatic heterocycles. The number of benzene rings is 2. The van der Waals surface area contributed by atoms with Gasteiger partial charge in [0.25, 0.3) is 5.91 Å². The Morgan fingerprint density at radius 3 is 2.32 bits per heavy atom. The second-order valence-electron chi connectivity index (χ2n) is 7.72. The number of aryl methyl sites for hydroxylation is 1. The quantitative estimate of drug-likeness (QED) is 0.419. The molecule has 0 spiro atoms. The van der Waals surface area contributed by atoms with Gasteiger partial charge < -0.3 is 15.2 Å². The number of nitrogens with one attached hydrogen (secondary N) is 2. The molecule has 0 fully saturated rings. The molecule has 10 heteroatoms. The van der Waals surface area contributed by atoms with Crippen molar-refractivity contribution in [2.45, 2.75) is 32.4 Å². The van der Waals surface area contributed by atoms with Crippen LogP contribution in [0, 0.1) is 6.92 Å². The smallest absolute Gasteiger partial charge is 0.407 e. The molecule has 176 valence electrons. The number of hydrogen-bond donors (Lipinski definition) is 3. The van der Waals surface area contributed by atoms with Crippen LogP contribution in [0.5, 0.6) is 0 Å². The molecule has 3 aromatic rings. The van der Waals surface area contributed by atoms with Crippen LogP contribution in [0.3, 0.4) is 0 Å². The molecule has 0 radical (unpaired) electrons. The van der Waals surface area contributed by atoms with Crippen molar-refractivity contribution >= 4 is 29.3 Å². The van der Waals surface area contributed by atoms with Crippen molar-refractivity contribution in [2.24, 2.45) is 0 Å². The van der Waals surface area contributed by atoms with E-state index in [0.29, 0.717) is 9.88 Å². The number of ether oxygens (including phenoxy) is 1. The number of fused-ring (bicyclic) bond motifs is 3. The van der Waals surface area contributed by atoms with Crippen LogP contribution >= 0.6 is 11.3 Å². The first kappa shape index (κ1) is 23.4. The van der Waals surface area contributed by atoms with E-state index >= 15 is 0 Å². The van der Waals surface area contributed by atoms with E-state index in [0.717, 1.165) is 22.3 Å². The fraction of sp³-hybridized carbons (Fsp3) is 0.250. The lowest BCUT2D eigenvalue weighted by atomic mass is 9.98. The molecule has 3 N–H and O–H groups in total. The number of amides is 2. The van der Waals surface area contributed by atoms with Crippen molar-refractivity contribution in [1.82, 2.24) is 15.8 Å². The number of carboxylic acids is 1. The zero-order chi connectivity index (χ0) is 24.2. The third-order valence-corrected chi connectivity index (χ3v) is 6.43. The minimum atomic E-state index is -1.21. The third kappa shape index (κ3) is 4.92. The number of carbonyl (C=O) groups excluding carboxylic acids is 2. The zero-order valence-corrected chi connectivity index (χ0v) is 19.3. The summed E-state index contributed by atoms with van der Waals surface area (Å²) in [6.07, 6.45) is -1.78. The van der Waals surface area contributed by atoms with Gasteiger partial charge in [-0.2, -0.15) is 0 Å². The predicted molar refractivity (Wildman–Crippen MR) is 124 cm³/mol. The second-order valence-corrected chi connectivity index (χ2v) is 9.01. The second kappa shape index (κ2) is 10.0. The molecule has 0 saturated carbocycles. The number of aromatic nitrogens is 1. The number of aliphatic carboxylic acids is 1. The van der Waals surface area contributed by atoms with E-state index in [1.807, 2.05) is 36.4 Å². The molecule has 1 aliphatic carbocycles. The molecule has 0 saturated heterocycles. The molecule has 1 heterocycles. The Hall–Kier alpha value is -3.76. The summed E-state index contributed by atoms with van der Waals surface area (Å²) in [7, 11) is 0. The zero-order valence-electron chi connectivity index (χ0n) is 18.5. The van der Waals surface area contributed by atoms with E-state index in [1.165, 1.54) is 18.3 Å². The summed E-state index contributed by atoms with van der Waals surface area (Å²) < 4.78 is 5.51. The van der Waals surface area contributed by atoms with E-state index in [1.54, 1.807) is 6.92 Å². The van der Waals surface area contributed by atoms with Gasteiger partial charge in [-0.15, -0.1) is 11.3 Å². The normalized spacial score (nSPS) is 13.0. The lowest BCUT2D eigenvalue weighted by Gasteiger charge is -2.14. The summed E-state index contributed by atoms with van der Waals surface area (Å²) in [5.41, 5.74) is 6.74. The van der Waals surface area contributed by atoms with Gasteiger partial charge in [0.15, 0.2) is 6.10 Å². The highest BCUT2D eigenvalue weighted by atomic mass is 32.1. The molecule has 0 bridgehead atoms. The first-order valence-corrected chi connectivity index (χ1v) is 11.4. The average molecular weight is 482 g/mol. The van der Waals surface area contributed by atoms with Crippen LogP contribution < -0.4 is 10.8 Å². The lowest BCUT2D eigenvalue weighted by Crippen LogP contribution is -2.33. The Bertz CT molecular complexity index is 1200. The average Bonchev–Trinajstić information content (AvgIpc) is 3.37. The standard InChI is InChI=1S/C24H23N3O6S/c1-13(23(29)30)33-27-22(28)21-14(2)34-20(26-21)11-25-24(31)32-12-19-17-9-5-3-7-15(17)16-8-4-6-10-18(16)19/h3-10,13,19H,11-12H2,1-2H3,(H,25,31)(H,27,28)(H,29,30). The minimum Gasteiger partial charge on any atom is -0.479 e. The SMILES string of the molecule is Cc1sc(CNC(=O)OCC2c3ccccc3-c3ccccc32)nc1C(=O)NOC(C)C(=O)O. The van der Waals surface area contributed by atoms with Crippen LogP contribution in [-0.2, 0) is 20.9 Å². The molecule has 1 aromatic heterocycles. The number of alkyl carbamates (subject to hydrolysis) is 1. The maximum Gasteiger partial charge on any atom is 0.407 e. The van der Waals surface area contributed by atoms with Gasteiger partial charge in [0.05, 0.1) is 6.54 Å². The molecule has 1 unspecified atom stereocenters. The van der Waals surface area contributed by atoms with Gasteiger partial charge in [0, 0.05) is 10.8 Å². The largest absolute Gasteiger partial charge is 0.479 e. The summed E-state index contributed by atoms with van der Waals surface area (Å²) in [6.45, 7) is 3.27. The van der Waals surface area contributed by atoms with Gasteiger partial charge >= 0.3 is 12.1 Å². The van der Waals surface area contributed by atoms with Crippen LogP contribution in [0.15, 0.2) is 48.5 Å². The Kier molecular flexibility index (Phi) is 6.90. The van der Waals surface area contributed by atoms with Crippen LogP contribution in [0.25, 0.3) is 11.1 Å².